The number of aryl methyl sites for hydroxylation is 1. The first-order valence-corrected chi connectivity index (χ1v) is 10.2. The Morgan fingerprint density at radius 1 is 1.00 bits per heavy atom. The second-order valence-electron chi connectivity index (χ2n) is 6.63. The third-order valence-electron chi connectivity index (χ3n) is 4.35. The van der Waals surface area contributed by atoms with Crippen LogP contribution < -0.4 is 15.7 Å². The van der Waals surface area contributed by atoms with E-state index < -0.39 is 20.9 Å². The zero-order chi connectivity index (χ0) is 20.5. The Morgan fingerprint density at radius 3 is 2.32 bits per heavy atom. The SMILES string of the molecule is Cc1c(NC(=O)c2ccc(NS(=O)(=O)C(C)C)cc2)ccc2oc(=O)ccc12. The Morgan fingerprint density at radius 2 is 1.68 bits per heavy atom. The van der Waals surface area contributed by atoms with Crippen LogP contribution in [0.15, 0.2) is 57.7 Å². The van der Waals surface area contributed by atoms with Crippen molar-refractivity contribution in [2.24, 2.45) is 0 Å². The fraction of sp³-hybridized carbons (Fsp3) is 0.200. The van der Waals surface area contributed by atoms with Gasteiger partial charge in [0.05, 0.1) is 5.25 Å². The molecule has 0 aliphatic carbocycles. The quantitative estimate of drug-likeness (QED) is 0.638. The minimum absolute atomic E-state index is 0.335. The average Bonchev–Trinajstić information content (AvgIpc) is 2.64. The first-order chi connectivity index (χ1) is 13.2. The molecule has 0 spiro atoms. The molecule has 0 aliphatic rings. The van der Waals surface area contributed by atoms with Crippen LogP contribution in [-0.2, 0) is 10.0 Å². The van der Waals surface area contributed by atoms with Crippen LogP contribution in [0.4, 0.5) is 11.4 Å². The van der Waals surface area contributed by atoms with Gasteiger partial charge < -0.3 is 9.73 Å². The summed E-state index contributed by atoms with van der Waals surface area (Å²) in [6.07, 6.45) is 0. The first-order valence-electron chi connectivity index (χ1n) is 8.64. The fourth-order valence-electron chi connectivity index (χ4n) is 2.60. The van der Waals surface area contributed by atoms with Crippen molar-refractivity contribution in [3.8, 4) is 0 Å². The summed E-state index contributed by atoms with van der Waals surface area (Å²) in [6.45, 7) is 4.99. The van der Waals surface area contributed by atoms with Crippen LogP contribution in [0.2, 0.25) is 0 Å². The maximum absolute atomic E-state index is 12.5. The molecule has 0 bridgehead atoms. The summed E-state index contributed by atoms with van der Waals surface area (Å²) in [7, 11) is -3.44. The van der Waals surface area contributed by atoms with Crippen LogP contribution in [-0.4, -0.2) is 19.6 Å². The summed E-state index contributed by atoms with van der Waals surface area (Å²) in [4.78, 5) is 23.9. The molecule has 8 heteroatoms. The largest absolute Gasteiger partial charge is 0.423 e. The number of fused-ring (bicyclic) bond motifs is 1. The van der Waals surface area contributed by atoms with E-state index in [9.17, 15) is 18.0 Å². The molecule has 2 N–H and O–H groups in total. The number of sulfonamides is 1. The number of amides is 1. The fourth-order valence-corrected chi connectivity index (χ4v) is 3.30. The highest BCUT2D eigenvalue weighted by Crippen LogP contribution is 2.25. The second-order valence-corrected chi connectivity index (χ2v) is 8.87. The van der Waals surface area contributed by atoms with Crippen molar-refractivity contribution in [2.45, 2.75) is 26.0 Å². The van der Waals surface area contributed by atoms with E-state index in [2.05, 4.69) is 10.0 Å². The van der Waals surface area contributed by atoms with E-state index in [1.54, 1.807) is 44.2 Å². The smallest absolute Gasteiger partial charge is 0.336 e. The lowest BCUT2D eigenvalue weighted by Gasteiger charge is -2.12. The molecule has 1 aromatic heterocycles. The average molecular weight is 400 g/mol. The molecule has 3 rings (SSSR count). The van der Waals surface area contributed by atoms with Crippen LogP contribution in [0.5, 0.6) is 0 Å². The standard InChI is InChI=1S/C20H20N2O5S/c1-12(2)28(25,26)22-15-6-4-14(5-7-15)20(24)21-17-9-10-18-16(13(17)3)8-11-19(23)27-18/h4-12,22H,1-3H3,(H,21,24). The van der Waals surface area contributed by atoms with Crippen molar-refractivity contribution in [1.29, 1.82) is 0 Å². The number of hydrogen-bond acceptors (Lipinski definition) is 5. The molecule has 3 aromatic rings. The summed E-state index contributed by atoms with van der Waals surface area (Å²) < 4.78 is 31.4. The number of carbonyl (C=O) groups excluding carboxylic acids is 1. The molecule has 28 heavy (non-hydrogen) atoms. The molecule has 0 saturated carbocycles. The summed E-state index contributed by atoms with van der Waals surface area (Å²) in [5.41, 5.74) is 2.15. The number of benzene rings is 2. The van der Waals surface area contributed by atoms with Gasteiger partial charge >= 0.3 is 5.63 Å². The predicted octanol–water partition coefficient (Wildman–Crippen LogP) is 3.50. The number of anilines is 2. The van der Waals surface area contributed by atoms with Crippen LogP contribution in [0.1, 0.15) is 29.8 Å². The van der Waals surface area contributed by atoms with Gasteiger partial charge in [0.15, 0.2) is 0 Å². The van der Waals surface area contributed by atoms with E-state index >= 15 is 0 Å². The van der Waals surface area contributed by atoms with Crippen LogP contribution in [0.3, 0.4) is 0 Å². The summed E-state index contributed by atoms with van der Waals surface area (Å²) in [5, 5.41) is 2.99. The van der Waals surface area contributed by atoms with Gasteiger partial charge in [-0.25, -0.2) is 13.2 Å². The van der Waals surface area contributed by atoms with Crippen LogP contribution in [0.25, 0.3) is 11.0 Å². The lowest BCUT2D eigenvalue weighted by atomic mass is 10.1. The van der Waals surface area contributed by atoms with Gasteiger partial charge in [-0.3, -0.25) is 9.52 Å². The molecule has 146 valence electrons. The summed E-state index contributed by atoms with van der Waals surface area (Å²) in [5.74, 6) is -0.335. The minimum atomic E-state index is -3.44. The number of hydrogen-bond donors (Lipinski definition) is 2. The molecular formula is C20H20N2O5S. The lowest BCUT2D eigenvalue weighted by molar-refractivity contribution is 0.102. The van der Waals surface area contributed by atoms with Crippen LogP contribution >= 0.6 is 0 Å². The summed E-state index contributed by atoms with van der Waals surface area (Å²) >= 11 is 0. The van der Waals surface area contributed by atoms with E-state index in [1.165, 1.54) is 18.2 Å². The van der Waals surface area contributed by atoms with E-state index in [1.807, 2.05) is 6.92 Å². The molecule has 0 unspecified atom stereocenters. The molecule has 0 radical (unpaired) electrons. The molecule has 0 atom stereocenters. The third-order valence-corrected chi connectivity index (χ3v) is 6.11. The van der Waals surface area contributed by atoms with Gasteiger partial charge in [-0.2, -0.15) is 0 Å². The second kappa shape index (κ2) is 7.47. The number of carbonyl (C=O) groups is 1. The van der Waals surface area contributed by atoms with E-state index in [0.717, 1.165) is 10.9 Å². The van der Waals surface area contributed by atoms with Gasteiger partial charge in [-0.1, -0.05) is 0 Å². The van der Waals surface area contributed by atoms with Gasteiger partial charge in [0, 0.05) is 28.4 Å². The van der Waals surface area contributed by atoms with Gasteiger partial charge in [0.2, 0.25) is 10.0 Å². The molecule has 7 nitrogen and oxygen atoms in total. The molecule has 1 heterocycles. The predicted molar refractivity (Wildman–Crippen MR) is 109 cm³/mol. The summed E-state index contributed by atoms with van der Waals surface area (Å²) in [6, 6.07) is 12.5. The molecular weight excluding hydrogens is 380 g/mol. The van der Waals surface area contributed by atoms with E-state index in [-0.39, 0.29) is 5.91 Å². The van der Waals surface area contributed by atoms with E-state index in [0.29, 0.717) is 22.5 Å². The Labute approximate surface area is 162 Å². The highest BCUT2D eigenvalue weighted by Gasteiger charge is 2.16. The molecule has 0 aliphatic heterocycles. The lowest BCUT2D eigenvalue weighted by Crippen LogP contribution is -2.22. The monoisotopic (exact) mass is 400 g/mol. The van der Waals surface area contributed by atoms with Crippen molar-refractivity contribution in [2.75, 3.05) is 10.0 Å². The highest BCUT2D eigenvalue weighted by atomic mass is 32.2. The normalized spacial score (nSPS) is 11.6. The van der Waals surface area contributed by atoms with Gasteiger partial charge in [-0.05, 0) is 68.8 Å². The Balaban J connectivity index is 1.80. The highest BCUT2D eigenvalue weighted by molar-refractivity contribution is 7.93. The van der Waals surface area contributed by atoms with Gasteiger partial charge in [0.25, 0.3) is 5.91 Å². The van der Waals surface area contributed by atoms with Crippen molar-refractivity contribution >= 4 is 38.3 Å². The Kier molecular flexibility index (Phi) is 5.24. The molecule has 0 fully saturated rings. The van der Waals surface area contributed by atoms with Gasteiger partial charge in [-0.15, -0.1) is 0 Å². The van der Waals surface area contributed by atoms with E-state index in [4.69, 9.17) is 4.42 Å². The number of rotatable bonds is 5. The van der Waals surface area contributed by atoms with Gasteiger partial charge in [0.1, 0.15) is 5.58 Å². The minimum Gasteiger partial charge on any atom is -0.423 e. The topological polar surface area (TPSA) is 105 Å². The maximum Gasteiger partial charge on any atom is 0.336 e. The first kappa shape index (κ1) is 19.6. The third kappa shape index (κ3) is 4.07. The molecule has 0 saturated heterocycles. The Hall–Kier alpha value is -3.13. The zero-order valence-corrected chi connectivity index (χ0v) is 16.5. The molecule has 1 amide bonds. The van der Waals surface area contributed by atoms with Crippen molar-refractivity contribution in [1.82, 2.24) is 0 Å². The van der Waals surface area contributed by atoms with Crippen molar-refractivity contribution < 1.29 is 17.6 Å². The van der Waals surface area contributed by atoms with Crippen molar-refractivity contribution in [3.63, 3.8) is 0 Å². The molecule has 2 aromatic carbocycles. The Bertz CT molecular complexity index is 1200. The number of nitrogens with one attached hydrogen (secondary N) is 2. The zero-order valence-electron chi connectivity index (χ0n) is 15.6. The maximum atomic E-state index is 12.5. The van der Waals surface area contributed by atoms with Crippen molar-refractivity contribution in [3.05, 3.63) is 70.1 Å². The van der Waals surface area contributed by atoms with Crippen LogP contribution in [0, 0.1) is 6.92 Å².